The third kappa shape index (κ3) is 5.62. The Morgan fingerprint density at radius 3 is 2.42 bits per heavy atom. The number of nitrogens with zero attached hydrogens (tertiary/aromatic N) is 2. The maximum atomic E-state index is 12.5. The van der Waals surface area contributed by atoms with Crippen LogP contribution in [0.1, 0.15) is 32.8 Å². The van der Waals surface area contributed by atoms with Gasteiger partial charge in [-0.1, -0.05) is 32.9 Å². The Kier molecular flexibility index (Phi) is 7.83. The highest BCUT2D eigenvalue weighted by Gasteiger charge is 2.30. The van der Waals surface area contributed by atoms with Gasteiger partial charge in [-0.05, 0) is 29.5 Å². The van der Waals surface area contributed by atoms with Crippen LogP contribution in [0.5, 0.6) is 0 Å². The number of halogens is 1. The Labute approximate surface area is 168 Å². The highest BCUT2D eigenvalue weighted by atomic mass is 35.5. The highest BCUT2D eigenvalue weighted by molar-refractivity contribution is 8.00. The van der Waals surface area contributed by atoms with Gasteiger partial charge in [-0.25, -0.2) is 0 Å². The lowest BCUT2D eigenvalue weighted by Crippen LogP contribution is -2.49. The number of benzene rings is 1. The zero-order valence-electron chi connectivity index (χ0n) is 16.2. The van der Waals surface area contributed by atoms with E-state index in [1.807, 2.05) is 0 Å². The van der Waals surface area contributed by atoms with Crippen LogP contribution in [0.15, 0.2) is 29.2 Å². The molecule has 0 aromatic heterocycles. The number of likely N-dealkylation sites (tertiary alicyclic amines) is 1. The average molecular weight is 398 g/mol. The number of carbonyl (C=O) groups excluding carboxylic acids is 1. The van der Waals surface area contributed by atoms with Crippen molar-refractivity contribution in [2.45, 2.75) is 43.5 Å². The molecule has 26 heavy (non-hydrogen) atoms. The van der Waals surface area contributed by atoms with Gasteiger partial charge in [0.2, 0.25) is 5.91 Å². The van der Waals surface area contributed by atoms with Crippen LogP contribution in [0.3, 0.4) is 0 Å². The summed E-state index contributed by atoms with van der Waals surface area (Å²) < 4.78 is 0. The Balaban J connectivity index is 0.00000243. The van der Waals surface area contributed by atoms with Gasteiger partial charge in [0.15, 0.2) is 0 Å². The molecule has 0 radical (unpaired) electrons. The largest absolute Gasteiger partial charge is 0.340 e. The van der Waals surface area contributed by atoms with Crippen LogP contribution < -0.4 is 5.32 Å². The molecule has 146 valence electrons. The second kappa shape index (κ2) is 9.45. The number of amides is 1. The molecule has 2 heterocycles. The number of piperazine rings is 1. The Morgan fingerprint density at radius 1 is 1.15 bits per heavy atom. The molecule has 4 nitrogen and oxygen atoms in total. The quantitative estimate of drug-likeness (QED) is 0.792. The normalized spacial score (nSPS) is 21.5. The van der Waals surface area contributed by atoms with Gasteiger partial charge in [0.25, 0.3) is 0 Å². The highest BCUT2D eigenvalue weighted by Crippen LogP contribution is 2.26. The smallest absolute Gasteiger partial charge is 0.232 e. The summed E-state index contributed by atoms with van der Waals surface area (Å²) in [6.07, 6.45) is 1.12. The molecule has 1 amide bonds. The standard InChI is InChI=1S/C20H31N3OS.ClH/c1-20(2,3)16-4-6-18(7-5-16)25-15-19(24)23-11-8-17(14-23)22-12-9-21-10-13-22;/h4-7,17,21H,8-15H2,1-3H3;1H. The molecule has 2 aliphatic rings. The zero-order chi connectivity index (χ0) is 17.9. The summed E-state index contributed by atoms with van der Waals surface area (Å²) in [6, 6.07) is 9.21. The van der Waals surface area contributed by atoms with E-state index >= 15 is 0 Å². The van der Waals surface area contributed by atoms with E-state index in [9.17, 15) is 4.79 Å². The van der Waals surface area contributed by atoms with Crippen LogP contribution >= 0.6 is 24.2 Å². The predicted octanol–water partition coefficient (Wildman–Crippen LogP) is 3.00. The molecule has 0 bridgehead atoms. The predicted molar refractivity (Wildman–Crippen MR) is 113 cm³/mol. The van der Waals surface area contributed by atoms with E-state index in [1.165, 1.54) is 10.5 Å². The number of hydrogen-bond donors (Lipinski definition) is 1. The molecule has 3 rings (SSSR count). The van der Waals surface area contributed by atoms with E-state index in [0.29, 0.717) is 11.8 Å². The summed E-state index contributed by atoms with van der Waals surface area (Å²) in [4.78, 5) is 18.3. The van der Waals surface area contributed by atoms with Gasteiger partial charge in [-0.15, -0.1) is 24.2 Å². The van der Waals surface area contributed by atoms with Gasteiger partial charge >= 0.3 is 0 Å². The minimum Gasteiger partial charge on any atom is -0.340 e. The first-order chi connectivity index (χ1) is 11.9. The Morgan fingerprint density at radius 2 is 1.81 bits per heavy atom. The van der Waals surface area contributed by atoms with Gasteiger partial charge < -0.3 is 10.2 Å². The van der Waals surface area contributed by atoms with Crippen molar-refractivity contribution in [3.05, 3.63) is 29.8 Å². The summed E-state index contributed by atoms with van der Waals surface area (Å²) in [5.41, 5.74) is 1.51. The van der Waals surface area contributed by atoms with Gasteiger partial charge in [-0.3, -0.25) is 9.69 Å². The maximum absolute atomic E-state index is 12.5. The van der Waals surface area contributed by atoms with E-state index in [2.05, 4.69) is 60.2 Å². The first-order valence-corrected chi connectivity index (χ1v) is 10.4. The minimum atomic E-state index is 0. The van der Waals surface area contributed by atoms with Crippen LogP contribution in [-0.4, -0.2) is 66.8 Å². The van der Waals surface area contributed by atoms with Crippen molar-refractivity contribution in [2.75, 3.05) is 45.0 Å². The molecule has 2 saturated heterocycles. The third-order valence-corrected chi connectivity index (χ3v) is 6.26. The molecule has 1 aromatic carbocycles. The lowest BCUT2D eigenvalue weighted by molar-refractivity contribution is -0.127. The van der Waals surface area contributed by atoms with Gasteiger partial charge in [-0.2, -0.15) is 0 Å². The van der Waals surface area contributed by atoms with Gasteiger partial charge in [0.1, 0.15) is 0 Å². The monoisotopic (exact) mass is 397 g/mol. The van der Waals surface area contributed by atoms with E-state index in [-0.39, 0.29) is 23.7 Å². The maximum Gasteiger partial charge on any atom is 0.232 e. The van der Waals surface area contributed by atoms with Crippen molar-refractivity contribution in [2.24, 2.45) is 0 Å². The van der Waals surface area contributed by atoms with Crippen LogP contribution in [-0.2, 0) is 10.2 Å². The van der Waals surface area contributed by atoms with Crippen molar-refractivity contribution in [1.29, 1.82) is 0 Å². The molecule has 0 spiro atoms. The van der Waals surface area contributed by atoms with Crippen molar-refractivity contribution in [3.8, 4) is 0 Å². The summed E-state index contributed by atoms with van der Waals surface area (Å²) in [5, 5.41) is 3.40. The van der Waals surface area contributed by atoms with Crippen molar-refractivity contribution in [1.82, 2.24) is 15.1 Å². The fourth-order valence-electron chi connectivity index (χ4n) is 3.60. The van der Waals surface area contributed by atoms with Crippen molar-refractivity contribution < 1.29 is 4.79 Å². The Hall–Kier alpha value is -0.750. The van der Waals surface area contributed by atoms with E-state index in [1.54, 1.807) is 11.8 Å². The fourth-order valence-corrected chi connectivity index (χ4v) is 4.40. The number of nitrogens with one attached hydrogen (secondary N) is 1. The lowest BCUT2D eigenvalue weighted by atomic mass is 9.87. The molecule has 6 heteroatoms. The van der Waals surface area contributed by atoms with Crippen molar-refractivity contribution in [3.63, 3.8) is 0 Å². The SMILES string of the molecule is CC(C)(C)c1ccc(SCC(=O)N2CCC(N3CCNCC3)C2)cc1.Cl. The van der Waals surface area contributed by atoms with E-state index in [4.69, 9.17) is 0 Å². The number of thioether (sulfide) groups is 1. The van der Waals surface area contributed by atoms with Crippen LogP contribution in [0.25, 0.3) is 0 Å². The molecule has 0 saturated carbocycles. The average Bonchev–Trinajstić information content (AvgIpc) is 3.10. The summed E-state index contributed by atoms with van der Waals surface area (Å²) in [6.45, 7) is 12.9. The van der Waals surface area contributed by atoms with E-state index in [0.717, 1.165) is 45.7 Å². The first-order valence-electron chi connectivity index (χ1n) is 9.39. The second-order valence-corrected chi connectivity index (χ2v) is 9.18. The molecular formula is C20H32ClN3OS. The van der Waals surface area contributed by atoms with Crippen LogP contribution in [0.2, 0.25) is 0 Å². The fraction of sp³-hybridized carbons (Fsp3) is 0.650. The lowest BCUT2D eigenvalue weighted by Gasteiger charge is -2.32. The molecular weight excluding hydrogens is 366 g/mol. The Bertz CT molecular complexity index is 582. The van der Waals surface area contributed by atoms with Gasteiger partial charge in [0, 0.05) is 50.2 Å². The minimum absolute atomic E-state index is 0. The molecule has 0 aliphatic carbocycles. The third-order valence-electron chi connectivity index (χ3n) is 5.27. The summed E-state index contributed by atoms with van der Waals surface area (Å²) in [7, 11) is 0. The summed E-state index contributed by atoms with van der Waals surface area (Å²) >= 11 is 1.66. The van der Waals surface area contributed by atoms with Gasteiger partial charge in [0.05, 0.1) is 5.75 Å². The zero-order valence-corrected chi connectivity index (χ0v) is 17.8. The molecule has 1 aromatic rings. The molecule has 1 atom stereocenters. The van der Waals surface area contributed by atoms with E-state index < -0.39 is 0 Å². The molecule has 1 N–H and O–H groups in total. The topological polar surface area (TPSA) is 35.6 Å². The van der Waals surface area contributed by atoms with Crippen molar-refractivity contribution >= 4 is 30.1 Å². The van der Waals surface area contributed by atoms with Crippen LogP contribution in [0, 0.1) is 0 Å². The second-order valence-electron chi connectivity index (χ2n) is 8.13. The molecule has 2 aliphatic heterocycles. The van der Waals surface area contributed by atoms with Crippen LogP contribution in [0.4, 0.5) is 0 Å². The number of hydrogen-bond acceptors (Lipinski definition) is 4. The molecule has 2 fully saturated rings. The first kappa shape index (κ1) is 21.5. The summed E-state index contributed by atoms with van der Waals surface area (Å²) in [5.74, 6) is 0.825. The number of rotatable bonds is 4. The molecule has 1 unspecified atom stereocenters. The number of carbonyl (C=O) groups is 1.